The Bertz CT molecular complexity index is 679. The first-order valence-electron chi connectivity index (χ1n) is 6.62. The molecule has 0 aliphatic carbocycles. The van der Waals surface area contributed by atoms with Gasteiger partial charge in [-0.05, 0) is 41.9 Å². The van der Waals surface area contributed by atoms with Crippen molar-refractivity contribution in [3.8, 4) is 5.75 Å². The molecule has 1 aliphatic heterocycles. The van der Waals surface area contributed by atoms with Crippen LogP contribution in [0.5, 0.6) is 5.75 Å². The third-order valence-electron chi connectivity index (χ3n) is 3.07. The van der Waals surface area contributed by atoms with Gasteiger partial charge in [-0.3, -0.25) is 10.1 Å². The smallest absolute Gasteiger partial charge is 0.332 e. The zero-order chi connectivity index (χ0) is 17.2. The van der Waals surface area contributed by atoms with E-state index in [4.69, 9.17) is 14.6 Å². The van der Waals surface area contributed by atoms with Gasteiger partial charge in [-0.2, -0.15) is 0 Å². The summed E-state index contributed by atoms with van der Waals surface area (Å²) in [5.74, 6) is -0.593. The maximum absolute atomic E-state index is 10.9. The monoisotopic (exact) mass is 403 g/mol. The van der Waals surface area contributed by atoms with Crippen molar-refractivity contribution in [1.82, 2.24) is 0 Å². The second-order valence-corrected chi connectivity index (χ2v) is 7.36. The van der Waals surface area contributed by atoms with Crippen LogP contribution >= 0.6 is 27.7 Å². The summed E-state index contributed by atoms with van der Waals surface area (Å²) in [6, 6.07) is 4.21. The highest BCUT2D eigenvalue weighted by atomic mass is 79.9. The summed E-state index contributed by atoms with van der Waals surface area (Å²) in [5.41, 5.74) is -0.0410. The number of nitro groups is 1. The van der Waals surface area contributed by atoms with Crippen molar-refractivity contribution in [3.05, 3.63) is 44.0 Å². The van der Waals surface area contributed by atoms with E-state index >= 15 is 0 Å². The Hall–Kier alpha value is -1.58. The van der Waals surface area contributed by atoms with Crippen LogP contribution < -0.4 is 4.74 Å². The summed E-state index contributed by atoms with van der Waals surface area (Å²) >= 11 is 4.51. The first kappa shape index (κ1) is 17.8. The van der Waals surface area contributed by atoms with Crippen molar-refractivity contribution in [2.24, 2.45) is 0 Å². The number of halogens is 1. The number of carbonyl (C=O) groups is 1. The van der Waals surface area contributed by atoms with Crippen LogP contribution in [0.3, 0.4) is 0 Å². The van der Waals surface area contributed by atoms with E-state index in [1.54, 1.807) is 13.0 Å². The minimum absolute atomic E-state index is 0.0410. The molecule has 124 valence electrons. The number of hydrogen-bond donors (Lipinski definition) is 1. The highest BCUT2D eigenvalue weighted by Crippen LogP contribution is 2.45. The van der Waals surface area contributed by atoms with Crippen LogP contribution in [0.15, 0.2) is 33.8 Å². The van der Waals surface area contributed by atoms with Crippen LogP contribution in [0, 0.1) is 10.1 Å². The van der Waals surface area contributed by atoms with Gasteiger partial charge in [-0.25, -0.2) is 4.79 Å². The number of aliphatic carboxylic acids is 1. The molecule has 1 aromatic rings. The Morgan fingerprint density at radius 1 is 1.57 bits per heavy atom. The highest BCUT2D eigenvalue weighted by Gasteiger charge is 2.36. The molecule has 23 heavy (non-hydrogen) atoms. The second kappa shape index (κ2) is 6.90. The molecule has 0 spiro atoms. The molecular formula is C14H14BrNO6S. The number of nitro benzene ring substituents is 1. The number of carboxylic acid groups (broad SMARTS) is 1. The topological polar surface area (TPSA) is 98.9 Å². The van der Waals surface area contributed by atoms with Crippen molar-refractivity contribution in [2.45, 2.75) is 31.3 Å². The van der Waals surface area contributed by atoms with E-state index in [2.05, 4.69) is 15.9 Å². The average molecular weight is 404 g/mol. The van der Waals surface area contributed by atoms with Gasteiger partial charge < -0.3 is 14.6 Å². The molecule has 1 heterocycles. The normalized spacial score (nSPS) is 21.6. The molecule has 0 saturated heterocycles. The van der Waals surface area contributed by atoms with Crippen molar-refractivity contribution in [1.29, 1.82) is 0 Å². The van der Waals surface area contributed by atoms with E-state index < -0.39 is 21.9 Å². The van der Waals surface area contributed by atoms with Crippen LogP contribution in [0.4, 0.5) is 5.69 Å². The minimum atomic E-state index is -1.03. The highest BCUT2D eigenvalue weighted by molar-refractivity contribution is 9.10. The maximum atomic E-state index is 10.9. The van der Waals surface area contributed by atoms with Gasteiger partial charge in [0.2, 0.25) is 0 Å². The number of ether oxygens (including phenoxy) is 2. The van der Waals surface area contributed by atoms with E-state index in [0.29, 0.717) is 21.7 Å². The lowest BCUT2D eigenvalue weighted by atomic mass is 10.2. The van der Waals surface area contributed by atoms with Crippen molar-refractivity contribution in [3.63, 3.8) is 0 Å². The van der Waals surface area contributed by atoms with Gasteiger partial charge in [0, 0.05) is 18.6 Å². The maximum Gasteiger partial charge on any atom is 0.332 e. The fourth-order valence-corrected chi connectivity index (χ4v) is 3.45. The largest absolute Gasteiger partial charge is 0.479 e. The number of benzene rings is 1. The predicted molar refractivity (Wildman–Crippen MR) is 88.3 cm³/mol. The summed E-state index contributed by atoms with van der Waals surface area (Å²) in [6.45, 7) is 3.26. The quantitative estimate of drug-likeness (QED) is 0.567. The number of non-ortho nitro benzene ring substituents is 1. The zero-order valence-electron chi connectivity index (χ0n) is 12.3. The fourth-order valence-electron chi connectivity index (χ4n) is 1.92. The molecule has 0 bridgehead atoms. The average Bonchev–Trinajstić information content (AvgIpc) is 2.81. The van der Waals surface area contributed by atoms with E-state index in [0.717, 1.165) is 0 Å². The Kier molecular flexibility index (Phi) is 5.33. The first-order chi connectivity index (χ1) is 10.7. The summed E-state index contributed by atoms with van der Waals surface area (Å²) in [7, 11) is 0. The molecule has 1 aromatic carbocycles. The molecule has 0 amide bonds. The lowest BCUT2D eigenvalue weighted by Crippen LogP contribution is -2.31. The molecule has 9 heteroatoms. The Labute approximate surface area is 144 Å². The van der Waals surface area contributed by atoms with Crippen molar-refractivity contribution < 1.29 is 24.3 Å². The number of hydrogen-bond acceptors (Lipinski definition) is 6. The Morgan fingerprint density at radius 2 is 2.26 bits per heavy atom. The van der Waals surface area contributed by atoms with Gasteiger partial charge in [0.15, 0.2) is 11.2 Å². The van der Waals surface area contributed by atoms with Crippen LogP contribution in [0.25, 0.3) is 0 Å². The van der Waals surface area contributed by atoms with E-state index in [9.17, 15) is 14.9 Å². The minimum Gasteiger partial charge on any atom is -0.479 e. The molecule has 0 radical (unpaired) electrons. The molecule has 2 rings (SSSR count). The number of rotatable bonds is 6. The van der Waals surface area contributed by atoms with Crippen LogP contribution in [-0.2, 0) is 9.53 Å². The molecule has 1 N–H and O–H groups in total. The second-order valence-electron chi connectivity index (χ2n) is 5.04. The zero-order valence-corrected chi connectivity index (χ0v) is 14.7. The third-order valence-corrected chi connectivity index (χ3v) is 4.83. The van der Waals surface area contributed by atoms with Gasteiger partial charge in [0.05, 0.1) is 9.40 Å². The van der Waals surface area contributed by atoms with Gasteiger partial charge in [0.1, 0.15) is 10.7 Å². The summed E-state index contributed by atoms with van der Waals surface area (Å²) in [5, 5.41) is 20.2. The Morgan fingerprint density at radius 3 is 2.83 bits per heavy atom. The molecule has 2 atom stereocenters. The predicted octanol–water partition coefficient (Wildman–Crippen LogP) is 3.92. The lowest BCUT2D eigenvalue weighted by molar-refractivity contribution is -0.384. The molecule has 1 aliphatic rings. The fraction of sp³-hybridized carbons (Fsp3) is 0.357. The van der Waals surface area contributed by atoms with Crippen molar-refractivity contribution in [2.75, 3.05) is 0 Å². The van der Waals surface area contributed by atoms with Crippen molar-refractivity contribution >= 4 is 39.3 Å². The molecule has 2 unspecified atom stereocenters. The van der Waals surface area contributed by atoms with Gasteiger partial charge >= 0.3 is 5.97 Å². The molecule has 0 fully saturated rings. The summed E-state index contributed by atoms with van der Waals surface area (Å²) in [4.78, 5) is 20.4. The van der Waals surface area contributed by atoms with E-state index in [-0.39, 0.29) is 5.69 Å². The summed E-state index contributed by atoms with van der Waals surface area (Å²) in [6.07, 6.45) is 1.37. The number of thioether (sulfide) groups is 1. The van der Waals surface area contributed by atoms with Crippen LogP contribution in [-0.4, -0.2) is 27.0 Å². The van der Waals surface area contributed by atoms with Crippen LogP contribution in [0.2, 0.25) is 0 Å². The number of nitrogens with zero attached hydrogens (tertiary/aromatic N) is 1. The Balaban J connectivity index is 2.03. The van der Waals surface area contributed by atoms with E-state index in [1.807, 2.05) is 0 Å². The first-order valence-corrected chi connectivity index (χ1v) is 8.23. The van der Waals surface area contributed by atoms with Gasteiger partial charge in [-0.15, -0.1) is 0 Å². The SMILES string of the molecule is CC(OC1(C)CC=C(Oc2ccc([N+](=O)[O-])cc2Br)S1)C(=O)O. The van der Waals surface area contributed by atoms with E-state index in [1.165, 1.54) is 36.9 Å². The molecule has 0 aromatic heterocycles. The molecule has 0 saturated carbocycles. The standard InChI is InChI=1S/C14H14BrNO6S/c1-8(13(17)18)22-14(2)6-5-12(23-14)21-11-4-3-9(16(19)20)7-10(11)15/h3-5,7-8H,6H2,1-2H3,(H,17,18). The molecular weight excluding hydrogens is 390 g/mol. The third kappa shape index (κ3) is 4.46. The lowest BCUT2D eigenvalue weighted by Gasteiger charge is -2.26. The summed E-state index contributed by atoms with van der Waals surface area (Å²) < 4.78 is 11.7. The molecule has 7 nitrogen and oxygen atoms in total. The van der Waals surface area contributed by atoms with Crippen LogP contribution in [0.1, 0.15) is 20.3 Å². The number of carboxylic acids is 1. The van der Waals surface area contributed by atoms with Gasteiger partial charge in [-0.1, -0.05) is 11.8 Å². The van der Waals surface area contributed by atoms with Gasteiger partial charge in [0.25, 0.3) is 5.69 Å².